The summed E-state index contributed by atoms with van der Waals surface area (Å²) in [7, 11) is 0. The molecule has 0 aromatic carbocycles. The number of nitrogens with two attached hydrogens (primary N) is 3. The standard InChI is InChI=1S/C16H30N4O11/c17-8(16(29)30-4-3-22)5-10(14(19)27)20(15(28)9(18)6-23)31-12(1-2-21)13(26)11(25)7-24/h2,8-13,22-26H,1,3-7,17-18H2,(H2,19,27)/t8?,9-,10+,11+,12+,13+/m0/s1. The fraction of sp³-hybridized carbons (Fsp3) is 0.750. The number of amides is 2. The number of aldehydes is 1. The Bertz CT molecular complexity index is 594. The van der Waals surface area contributed by atoms with Gasteiger partial charge in [-0.3, -0.25) is 19.2 Å². The van der Waals surface area contributed by atoms with Crippen LogP contribution in [-0.2, 0) is 28.8 Å². The van der Waals surface area contributed by atoms with E-state index in [9.17, 15) is 29.4 Å². The number of esters is 1. The van der Waals surface area contributed by atoms with E-state index in [4.69, 9.17) is 37.4 Å². The second-order valence-corrected chi connectivity index (χ2v) is 6.39. The Hall–Kier alpha value is -2.24. The molecule has 11 N–H and O–H groups in total. The van der Waals surface area contributed by atoms with Gasteiger partial charge in [-0.15, -0.1) is 0 Å². The molecule has 0 saturated carbocycles. The van der Waals surface area contributed by atoms with Crippen molar-refractivity contribution in [1.29, 1.82) is 0 Å². The number of nitrogens with zero attached hydrogens (tertiary/aromatic N) is 1. The second kappa shape index (κ2) is 14.7. The fourth-order valence-electron chi connectivity index (χ4n) is 2.28. The topological polar surface area (TPSA) is 269 Å². The first-order valence-corrected chi connectivity index (χ1v) is 9.14. The Kier molecular flexibility index (Phi) is 13.6. The normalized spacial score (nSPS) is 17.0. The number of rotatable bonds is 16. The van der Waals surface area contributed by atoms with Gasteiger partial charge in [0.15, 0.2) is 0 Å². The molecule has 0 radical (unpaired) electrons. The molecule has 0 aromatic rings. The van der Waals surface area contributed by atoms with Gasteiger partial charge < -0.3 is 52.3 Å². The highest BCUT2D eigenvalue weighted by Gasteiger charge is 2.39. The van der Waals surface area contributed by atoms with Crippen LogP contribution < -0.4 is 17.2 Å². The Balaban J connectivity index is 5.90. The summed E-state index contributed by atoms with van der Waals surface area (Å²) in [5.74, 6) is -3.49. The van der Waals surface area contributed by atoms with Crippen LogP contribution in [0.1, 0.15) is 12.8 Å². The third kappa shape index (κ3) is 9.19. The van der Waals surface area contributed by atoms with Gasteiger partial charge >= 0.3 is 5.97 Å². The molecule has 0 aliphatic heterocycles. The minimum Gasteiger partial charge on any atom is -0.462 e. The maximum atomic E-state index is 12.6. The van der Waals surface area contributed by atoms with Gasteiger partial charge in [-0.2, -0.15) is 0 Å². The third-order valence-corrected chi connectivity index (χ3v) is 4.00. The molecule has 180 valence electrons. The Morgan fingerprint density at radius 2 is 1.65 bits per heavy atom. The van der Waals surface area contributed by atoms with Crippen LogP contribution in [0.5, 0.6) is 0 Å². The summed E-state index contributed by atoms with van der Waals surface area (Å²) in [4.78, 5) is 52.6. The monoisotopic (exact) mass is 454 g/mol. The molecule has 0 rings (SSSR count). The van der Waals surface area contributed by atoms with E-state index in [0.717, 1.165) is 0 Å². The van der Waals surface area contributed by atoms with Gasteiger partial charge in [-0.1, -0.05) is 0 Å². The Morgan fingerprint density at radius 3 is 2.10 bits per heavy atom. The minimum absolute atomic E-state index is 0.254. The molecule has 2 amide bonds. The lowest BCUT2D eigenvalue weighted by molar-refractivity contribution is -0.246. The summed E-state index contributed by atoms with van der Waals surface area (Å²) in [6.45, 7) is -2.69. The molecular weight excluding hydrogens is 424 g/mol. The summed E-state index contributed by atoms with van der Waals surface area (Å²) < 4.78 is 4.62. The molecule has 0 aliphatic rings. The average molecular weight is 454 g/mol. The van der Waals surface area contributed by atoms with E-state index in [1.54, 1.807) is 0 Å². The zero-order valence-corrected chi connectivity index (χ0v) is 16.6. The van der Waals surface area contributed by atoms with Crippen molar-refractivity contribution in [1.82, 2.24) is 5.06 Å². The summed E-state index contributed by atoms with van der Waals surface area (Å²) in [5, 5.41) is 46.8. The molecule has 0 bridgehead atoms. The van der Waals surface area contributed by atoms with Crippen LogP contribution in [-0.4, -0.2) is 118 Å². The molecule has 0 saturated heterocycles. The molecule has 1 unspecified atom stereocenters. The molecule has 15 heteroatoms. The van der Waals surface area contributed by atoms with Gasteiger partial charge in [-0.25, -0.2) is 5.06 Å². The highest BCUT2D eigenvalue weighted by molar-refractivity contribution is 5.89. The van der Waals surface area contributed by atoms with Gasteiger partial charge in [0.2, 0.25) is 5.91 Å². The van der Waals surface area contributed by atoms with Crippen LogP contribution >= 0.6 is 0 Å². The molecule has 0 aromatic heterocycles. The lowest BCUT2D eigenvalue weighted by Gasteiger charge is -2.35. The molecular formula is C16H30N4O11. The van der Waals surface area contributed by atoms with E-state index in [-0.39, 0.29) is 18.0 Å². The second-order valence-electron chi connectivity index (χ2n) is 6.39. The number of carbonyl (C=O) groups is 4. The van der Waals surface area contributed by atoms with E-state index in [1.807, 2.05) is 0 Å². The van der Waals surface area contributed by atoms with Gasteiger partial charge in [0.25, 0.3) is 5.91 Å². The zero-order valence-electron chi connectivity index (χ0n) is 16.6. The number of primary amides is 1. The van der Waals surface area contributed by atoms with E-state index < -0.39 is 86.9 Å². The highest BCUT2D eigenvalue weighted by atomic mass is 16.7. The van der Waals surface area contributed by atoms with Crippen molar-refractivity contribution in [2.75, 3.05) is 26.4 Å². The van der Waals surface area contributed by atoms with Gasteiger partial charge in [0.05, 0.1) is 19.8 Å². The lowest BCUT2D eigenvalue weighted by Crippen LogP contribution is -2.58. The lowest BCUT2D eigenvalue weighted by atomic mass is 10.1. The molecule has 0 heterocycles. The molecule has 31 heavy (non-hydrogen) atoms. The van der Waals surface area contributed by atoms with Crippen molar-refractivity contribution in [3.8, 4) is 0 Å². The summed E-state index contributed by atoms with van der Waals surface area (Å²) >= 11 is 0. The first-order chi connectivity index (χ1) is 14.5. The fourth-order valence-corrected chi connectivity index (χ4v) is 2.28. The van der Waals surface area contributed by atoms with E-state index in [1.165, 1.54) is 0 Å². The average Bonchev–Trinajstić information content (AvgIpc) is 2.76. The SMILES string of the molecule is NC(=O)[C@@H](CC(N)C(=O)OCCO)N(O[C@H](CC=O)[C@H](O)[C@H](O)CO)C(=O)[C@@H](N)CO. The molecule has 0 spiro atoms. The number of ether oxygens (including phenoxy) is 1. The van der Waals surface area contributed by atoms with Gasteiger partial charge in [0.1, 0.15) is 49.3 Å². The van der Waals surface area contributed by atoms with Crippen molar-refractivity contribution in [2.24, 2.45) is 17.2 Å². The van der Waals surface area contributed by atoms with Crippen molar-refractivity contribution in [3.05, 3.63) is 0 Å². The van der Waals surface area contributed by atoms with Crippen molar-refractivity contribution in [2.45, 2.75) is 49.3 Å². The summed E-state index contributed by atoms with van der Waals surface area (Å²) in [5.41, 5.74) is 16.4. The number of hydrogen-bond donors (Lipinski definition) is 8. The first kappa shape index (κ1) is 28.8. The zero-order chi connectivity index (χ0) is 24.1. The number of aliphatic hydroxyl groups is 5. The van der Waals surface area contributed by atoms with Crippen LogP contribution in [0.3, 0.4) is 0 Å². The van der Waals surface area contributed by atoms with Gasteiger partial charge in [-0.05, 0) is 0 Å². The van der Waals surface area contributed by atoms with Crippen LogP contribution in [0.25, 0.3) is 0 Å². The number of carbonyl (C=O) groups excluding carboxylic acids is 4. The van der Waals surface area contributed by atoms with Crippen LogP contribution in [0.2, 0.25) is 0 Å². The van der Waals surface area contributed by atoms with Crippen LogP contribution in [0, 0.1) is 0 Å². The maximum absolute atomic E-state index is 12.6. The molecule has 6 atom stereocenters. The molecule has 0 aliphatic carbocycles. The maximum Gasteiger partial charge on any atom is 0.323 e. The van der Waals surface area contributed by atoms with Crippen molar-refractivity contribution in [3.63, 3.8) is 0 Å². The largest absolute Gasteiger partial charge is 0.462 e. The predicted octanol–water partition coefficient (Wildman–Crippen LogP) is -6.16. The molecule has 0 fully saturated rings. The predicted molar refractivity (Wildman–Crippen MR) is 100 cm³/mol. The number of hydroxylamine groups is 2. The Morgan fingerprint density at radius 1 is 1.03 bits per heavy atom. The van der Waals surface area contributed by atoms with Crippen molar-refractivity contribution >= 4 is 24.1 Å². The summed E-state index contributed by atoms with van der Waals surface area (Å²) in [6.07, 6.45) is -6.33. The highest BCUT2D eigenvalue weighted by Crippen LogP contribution is 2.17. The minimum atomic E-state index is -1.90. The summed E-state index contributed by atoms with van der Waals surface area (Å²) in [6, 6.07) is -4.93. The van der Waals surface area contributed by atoms with E-state index in [2.05, 4.69) is 4.74 Å². The third-order valence-electron chi connectivity index (χ3n) is 4.00. The Labute approximate surface area is 177 Å². The van der Waals surface area contributed by atoms with Crippen LogP contribution in [0.15, 0.2) is 0 Å². The first-order valence-electron chi connectivity index (χ1n) is 9.14. The van der Waals surface area contributed by atoms with E-state index in [0.29, 0.717) is 0 Å². The molecule has 15 nitrogen and oxygen atoms in total. The van der Waals surface area contributed by atoms with E-state index >= 15 is 0 Å². The quantitative estimate of drug-likeness (QED) is 0.0613. The van der Waals surface area contributed by atoms with Crippen molar-refractivity contribution < 1.29 is 54.3 Å². The van der Waals surface area contributed by atoms with Crippen LogP contribution in [0.4, 0.5) is 0 Å². The smallest absolute Gasteiger partial charge is 0.323 e. The van der Waals surface area contributed by atoms with Gasteiger partial charge in [0, 0.05) is 12.8 Å². The number of aliphatic hydroxyl groups excluding tert-OH is 5. The number of hydrogen-bond acceptors (Lipinski definition) is 13.